The van der Waals surface area contributed by atoms with E-state index in [4.69, 9.17) is 4.74 Å². The second kappa shape index (κ2) is 5.70. The molecule has 1 unspecified atom stereocenters. The minimum absolute atomic E-state index is 0.279. The van der Waals surface area contributed by atoms with E-state index in [1.54, 1.807) is 0 Å². The maximum Gasteiger partial charge on any atom is 0.407 e. The van der Waals surface area contributed by atoms with Crippen molar-refractivity contribution in [2.75, 3.05) is 25.4 Å². The molecule has 0 spiro atoms. The third kappa shape index (κ3) is 5.06. The number of piperidine rings is 1. The quantitative estimate of drug-likeness (QED) is 0.799. The molecule has 0 aromatic heterocycles. The highest BCUT2D eigenvalue weighted by atomic mass is 32.2. The van der Waals surface area contributed by atoms with Gasteiger partial charge in [-0.15, -0.1) is 0 Å². The summed E-state index contributed by atoms with van der Waals surface area (Å²) in [7, 11) is 0. The normalized spacial score (nSPS) is 25.8. The summed E-state index contributed by atoms with van der Waals surface area (Å²) in [4.78, 5) is 14.2. The number of rotatable bonds is 3. The predicted molar refractivity (Wildman–Crippen MR) is 75.1 cm³/mol. The Balaban J connectivity index is 1.64. The van der Waals surface area contributed by atoms with E-state index in [0.29, 0.717) is 0 Å². The average Bonchev–Trinajstić information content (AvgIpc) is 3.02. The third-order valence-corrected chi connectivity index (χ3v) is 4.13. The van der Waals surface area contributed by atoms with Crippen LogP contribution in [0.3, 0.4) is 0 Å². The highest BCUT2D eigenvalue weighted by Crippen LogP contribution is 2.31. The number of amides is 1. The average molecular weight is 272 g/mol. The molecule has 0 bridgehead atoms. The zero-order valence-electron chi connectivity index (χ0n) is 11.6. The van der Waals surface area contributed by atoms with Crippen LogP contribution in [0.5, 0.6) is 0 Å². The number of nitrogens with zero attached hydrogens (tertiary/aromatic N) is 1. The molecule has 2 aliphatic rings. The summed E-state index contributed by atoms with van der Waals surface area (Å²) in [6.45, 7) is 9.09. The molecule has 2 fully saturated rings. The van der Waals surface area contributed by atoms with Crippen LogP contribution in [0.15, 0.2) is 0 Å². The van der Waals surface area contributed by atoms with Crippen LogP contribution in [0.2, 0.25) is 0 Å². The SMILES string of the molecule is CC(C)(C)OC(=O)NC1CCN(CC2CS2)CC1. The van der Waals surface area contributed by atoms with E-state index >= 15 is 0 Å². The van der Waals surface area contributed by atoms with Crippen molar-refractivity contribution < 1.29 is 9.53 Å². The molecule has 0 aromatic rings. The Hall–Kier alpha value is -0.420. The van der Waals surface area contributed by atoms with E-state index < -0.39 is 5.60 Å². The molecule has 2 heterocycles. The van der Waals surface area contributed by atoms with Gasteiger partial charge in [-0.25, -0.2) is 4.79 Å². The monoisotopic (exact) mass is 272 g/mol. The molecule has 1 atom stereocenters. The van der Waals surface area contributed by atoms with Crippen molar-refractivity contribution in [3.63, 3.8) is 0 Å². The van der Waals surface area contributed by atoms with Crippen molar-refractivity contribution in [2.45, 2.75) is 50.5 Å². The van der Waals surface area contributed by atoms with Crippen molar-refractivity contribution in [3.8, 4) is 0 Å². The highest BCUT2D eigenvalue weighted by molar-refractivity contribution is 8.06. The number of carbonyl (C=O) groups excluding carboxylic acids is 1. The molecule has 2 saturated heterocycles. The zero-order chi connectivity index (χ0) is 13.2. The minimum Gasteiger partial charge on any atom is -0.444 e. The van der Waals surface area contributed by atoms with Crippen LogP contribution in [0.4, 0.5) is 4.79 Å². The van der Waals surface area contributed by atoms with Gasteiger partial charge in [-0.1, -0.05) is 0 Å². The molecule has 104 valence electrons. The van der Waals surface area contributed by atoms with Gasteiger partial charge in [0, 0.05) is 36.7 Å². The molecular formula is C13H24N2O2S. The zero-order valence-corrected chi connectivity index (χ0v) is 12.4. The summed E-state index contributed by atoms with van der Waals surface area (Å²) in [5, 5.41) is 3.85. The Morgan fingerprint density at radius 2 is 2.00 bits per heavy atom. The molecule has 2 rings (SSSR count). The van der Waals surface area contributed by atoms with Crippen LogP contribution in [0.25, 0.3) is 0 Å². The standard InChI is InChI=1S/C13H24N2O2S/c1-13(2,3)17-12(16)14-10-4-6-15(7-5-10)8-11-9-18-11/h10-11H,4-9H2,1-3H3,(H,14,16). The maximum absolute atomic E-state index is 11.6. The molecule has 1 amide bonds. The molecule has 0 aromatic carbocycles. The van der Waals surface area contributed by atoms with Gasteiger partial charge < -0.3 is 15.0 Å². The van der Waals surface area contributed by atoms with Gasteiger partial charge in [0.25, 0.3) is 0 Å². The van der Waals surface area contributed by atoms with Gasteiger partial charge in [-0.05, 0) is 33.6 Å². The fraction of sp³-hybridized carbons (Fsp3) is 0.923. The fourth-order valence-electron chi connectivity index (χ4n) is 2.20. The van der Waals surface area contributed by atoms with E-state index in [1.165, 1.54) is 12.3 Å². The van der Waals surface area contributed by atoms with Gasteiger partial charge in [-0.3, -0.25) is 0 Å². The number of hydrogen-bond acceptors (Lipinski definition) is 4. The van der Waals surface area contributed by atoms with Crippen molar-refractivity contribution in [1.82, 2.24) is 10.2 Å². The molecule has 1 N–H and O–H groups in total. The summed E-state index contributed by atoms with van der Waals surface area (Å²) in [6.07, 6.45) is 1.80. The molecule has 0 aliphatic carbocycles. The van der Waals surface area contributed by atoms with Gasteiger partial charge in [0.15, 0.2) is 0 Å². The van der Waals surface area contributed by atoms with Crippen molar-refractivity contribution in [3.05, 3.63) is 0 Å². The number of alkyl carbamates (subject to hydrolysis) is 1. The number of nitrogens with one attached hydrogen (secondary N) is 1. The lowest BCUT2D eigenvalue weighted by atomic mass is 10.1. The lowest BCUT2D eigenvalue weighted by Gasteiger charge is -2.32. The predicted octanol–water partition coefficient (Wildman–Crippen LogP) is 2.09. The van der Waals surface area contributed by atoms with Gasteiger partial charge in [0.2, 0.25) is 0 Å². The lowest BCUT2D eigenvalue weighted by Crippen LogP contribution is -2.46. The molecule has 2 aliphatic heterocycles. The van der Waals surface area contributed by atoms with Crippen LogP contribution in [0.1, 0.15) is 33.6 Å². The van der Waals surface area contributed by atoms with Gasteiger partial charge >= 0.3 is 6.09 Å². The van der Waals surface area contributed by atoms with Gasteiger partial charge in [0.05, 0.1) is 0 Å². The highest BCUT2D eigenvalue weighted by Gasteiger charge is 2.28. The van der Waals surface area contributed by atoms with E-state index in [9.17, 15) is 4.79 Å². The molecule has 5 heteroatoms. The maximum atomic E-state index is 11.6. The number of carbonyl (C=O) groups is 1. The summed E-state index contributed by atoms with van der Waals surface area (Å²) >= 11 is 2.05. The van der Waals surface area contributed by atoms with E-state index in [1.807, 2.05) is 32.5 Å². The van der Waals surface area contributed by atoms with E-state index in [-0.39, 0.29) is 12.1 Å². The van der Waals surface area contributed by atoms with Crippen molar-refractivity contribution >= 4 is 17.9 Å². The van der Waals surface area contributed by atoms with Crippen LogP contribution < -0.4 is 5.32 Å². The number of ether oxygens (including phenoxy) is 1. The third-order valence-electron chi connectivity index (χ3n) is 3.17. The molecular weight excluding hydrogens is 248 g/mol. The first kappa shape index (κ1) is 14.0. The molecule has 4 nitrogen and oxygen atoms in total. The Morgan fingerprint density at radius 1 is 1.39 bits per heavy atom. The number of likely N-dealkylation sites (tertiary alicyclic amines) is 1. The second-order valence-electron chi connectivity index (χ2n) is 6.18. The first-order valence-electron chi connectivity index (χ1n) is 6.76. The largest absolute Gasteiger partial charge is 0.444 e. The lowest BCUT2D eigenvalue weighted by molar-refractivity contribution is 0.0479. The Bertz CT molecular complexity index is 292. The minimum atomic E-state index is -0.409. The van der Waals surface area contributed by atoms with Gasteiger partial charge in [0.1, 0.15) is 5.60 Å². The molecule has 18 heavy (non-hydrogen) atoms. The van der Waals surface area contributed by atoms with Crippen LogP contribution in [0, 0.1) is 0 Å². The van der Waals surface area contributed by atoms with Crippen molar-refractivity contribution in [1.29, 1.82) is 0 Å². The Morgan fingerprint density at radius 3 is 2.50 bits per heavy atom. The molecule has 0 saturated carbocycles. The fourth-order valence-corrected chi connectivity index (χ4v) is 2.75. The van der Waals surface area contributed by atoms with E-state index in [2.05, 4.69) is 10.2 Å². The first-order valence-corrected chi connectivity index (χ1v) is 7.81. The summed E-state index contributed by atoms with van der Waals surface area (Å²) in [5.74, 6) is 1.33. The number of thioether (sulfide) groups is 1. The van der Waals surface area contributed by atoms with Crippen LogP contribution in [-0.2, 0) is 4.74 Å². The summed E-state index contributed by atoms with van der Waals surface area (Å²) < 4.78 is 5.27. The van der Waals surface area contributed by atoms with Crippen LogP contribution in [-0.4, -0.2) is 53.3 Å². The van der Waals surface area contributed by atoms with Gasteiger partial charge in [-0.2, -0.15) is 11.8 Å². The van der Waals surface area contributed by atoms with Crippen molar-refractivity contribution in [2.24, 2.45) is 0 Å². The van der Waals surface area contributed by atoms with E-state index in [0.717, 1.165) is 31.2 Å². The smallest absolute Gasteiger partial charge is 0.407 e. The molecule has 0 radical (unpaired) electrons. The van der Waals surface area contributed by atoms with Crippen LogP contribution >= 0.6 is 11.8 Å². The summed E-state index contributed by atoms with van der Waals surface area (Å²) in [6, 6.07) is 0.281. The number of hydrogen-bond donors (Lipinski definition) is 1. The first-order chi connectivity index (χ1) is 8.42. The Labute approximate surface area is 114 Å². The Kier molecular flexibility index (Phi) is 4.43. The summed E-state index contributed by atoms with van der Waals surface area (Å²) in [5.41, 5.74) is -0.409. The second-order valence-corrected chi connectivity index (χ2v) is 7.51. The topological polar surface area (TPSA) is 41.6 Å².